The number of ether oxygens (including phenoxy) is 1. The fourth-order valence-electron chi connectivity index (χ4n) is 1.76. The number of thiophene rings is 1. The van der Waals surface area contributed by atoms with Crippen molar-refractivity contribution in [2.45, 2.75) is 25.5 Å². The zero-order chi connectivity index (χ0) is 14.7. The Bertz CT molecular complexity index is 590. The van der Waals surface area contributed by atoms with Crippen molar-refractivity contribution in [2.24, 2.45) is 5.73 Å². The van der Waals surface area contributed by atoms with Gasteiger partial charge in [0.15, 0.2) is 11.6 Å². The van der Waals surface area contributed by atoms with Gasteiger partial charge in [0.1, 0.15) is 6.10 Å². The van der Waals surface area contributed by atoms with Gasteiger partial charge in [0, 0.05) is 10.9 Å². The van der Waals surface area contributed by atoms with Crippen LogP contribution >= 0.6 is 22.9 Å². The number of hydrogen-bond donors (Lipinski definition) is 1. The minimum atomic E-state index is -1.01. The first-order valence-electron chi connectivity index (χ1n) is 6.14. The van der Waals surface area contributed by atoms with Gasteiger partial charge in [0.05, 0.1) is 4.34 Å². The molecule has 2 atom stereocenters. The molecule has 1 aromatic carbocycles. The van der Waals surface area contributed by atoms with Crippen LogP contribution in [0.25, 0.3) is 0 Å². The molecule has 2 N–H and O–H groups in total. The Morgan fingerprint density at radius 1 is 1.30 bits per heavy atom. The first kappa shape index (κ1) is 15.2. The second-order valence-corrected chi connectivity index (χ2v) is 6.05. The van der Waals surface area contributed by atoms with Gasteiger partial charge in [-0.25, -0.2) is 4.39 Å². The molecule has 1 heterocycles. The lowest BCUT2D eigenvalue weighted by atomic mass is 10.1. The van der Waals surface area contributed by atoms with Gasteiger partial charge in [-0.2, -0.15) is 4.39 Å². The molecule has 0 aliphatic carbocycles. The number of nitrogens with two attached hydrogens (primary N) is 1. The van der Waals surface area contributed by atoms with E-state index in [4.69, 9.17) is 22.1 Å². The molecule has 2 unspecified atom stereocenters. The van der Waals surface area contributed by atoms with E-state index in [1.165, 1.54) is 23.5 Å². The maximum atomic E-state index is 13.7. The van der Waals surface area contributed by atoms with Crippen molar-refractivity contribution in [1.82, 2.24) is 0 Å². The molecule has 0 bridgehead atoms. The minimum absolute atomic E-state index is 0.150. The van der Waals surface area contributed by atoms with Crippen molar-refractivity contribution < 1.29 is 13.5 Å². The molecule has 6 heteroatoms. The lowest BCUT2D eigenvalue weighted by molar-refractivity contribution is 0.165. The Kier molecular flexibility index (Phi) is 4.96. The molecule has 20 heavy (non-hydrogen) atoms. The maximum absolute atomic E-state index is 13.7. The highest BCUT2D eigenvalue weighted by atomic mass is 35.5. The van der Waals surface area contributed by atoms with E-state index in [-0.39, 0.29) is 11.8 Å². The third kappa shape index (κ3) is 3.29. The zero-order valence-corrected chi connectivity index (χ0v) is 12.3. The second kappa shape index (κ2) is 6.52. The Hall–Kier alpha value is -1.17. The Morgan fingerprint density at radius 3 is 2.65 bits per heavy atom. The second-order valence-electron chi connectivity index (χ2n) is 4.30. The Balaban J connectivity index is 2.31. The van der Waals surface area contributed by atoms with Crippen LogP contribution in [0.15, 0.2) is 30.3 Å². The molecule has 0 aliphatic heterocycles. The van der Waals surface area contributed by atoms with E-state index in [0.29, 0.717) is 10.8 Å². The first-order valence-corrected chi connectivity index (χ1v) is 7.33. The van der Waals surface area contributed by atoms with Gasteiger partial charge in [-0.1, -0.05) is 24.6 Å². The molecular formula is C14H14ClF2NOS. The van der Waals surface area contributed by atoms with Crippen LogP contribution in [0.3, 0.4) is 0 Å². The molecule has 0 saturated heterocycles. The monoisotopic (exact) mass is 317 g/mol. The Labute approximate surface area is 125 Å². The smallest absolute Gasteiger partial charge is 0.200 e. The third-order valence-corrected chi connectivity index (χ3v) is 4.20. The maximum Gasteiger partial charge on any atom is 0.200 e. The van der Waals surface area contributed by atoms with Gasteiger partial charge in [0.25, 0.3) is 0 Å². The molecule has 2 aromatic rings. The Morgan fingerprint density at radius 2 is 2.05 bits per heavy atom. The van der Waals surface area contributed by atoms with Crippen molar-refractivity contribution in [3.8, 4) is 5.75 Å². The van der Waals surface area contributed by atoms with Gasteiger partial charge < -0.3 is 10.5 Å². The number of halogens is 3. The minimum Gasteiger partial charge on any atom is -0.480 e. The molecule has 2 rings (SSSR count). The predicted octanol–water partition coefficient (Wildman–Crippen LogP) is 4.54. The summed E-state index contributed by atoms with van der Waals surface area (Å²) in [5.41, 5.74) is 6.02. The predicted molar refractivity (Wildman–Crippen MR) is 77.3 cm³/mol. The summed E-state index contributed by atoms with van der Waals surface area (Å²) >= 11 is 7.21. The number of benzene rings is 1. The van der Waals surface area contributed by atoms with Crippen LogP contribution in [-0.4, -0.2) is 6.04 Å². The molecule has 0 aliphatic rings. The highest BCUT2D eigenvalue weighted by molar-refractivity contribution is 7.16. The normalized spacial score (nSPS) is 14.1. The zero-order valence-electron chi connectivity index (χ0n) is 10.8. The van der Waals surface area contributed by atoms with Crippen molar-refractivity contribution in [2.75, 3.05) is 0 Å². The fourth-order valence-corrected chi connectivity index (χ4v) is 2.93. The summed E-state index contributed by atoms with van der Waals surface area (Å²) in [6, 6.07) is 6.98. The van der Waals surface area contributed by atoms with Gasteiger partial charge in [-0.3, -0.25) is 0 Å². The summed E-state index contributed by atoms with van der Waals surface area (Å²) in [6.45, 7) is 1.90. The summed E-state index contributed by atoms with van der Waals surface area (Å²) in [5.74, 6) is -2.11. The van der Waals surface area contributed by atoms with Crippen molar-refractivity contribution in [3.05, 3.63) is 51.2 Å². The lowest BCUT2D eigenvalue weighted by Crippen LogP contribution is -2.31. The van der Waals surface area contributed by atoms with Crippen LogP contribution in [0.4, 0.5) is 8.78 Å². The highest BCUT2D eigenvalue weighted by Crippen LogP contribution is 2.33. The summed E-state index contributed by atoms with van der Waals surface area (Å²) < 4.78 is 33.1. The van der Waals surface area contributed by atoms with Crippen LogP contribution in [0.1, 0.15) is 24.3 Å². The molecule has 1 aromatic heterocycles. The summed E-state index contributed by atoms with van der Waals surface area (Å²) in [6.07, 6.45) is 0.0747. The number of rotatable bonds is 5. The van der Waals surface area contributed by atoms with Gasteiger partial charge in [-0.05, 0) is 30.7 Å². The van der Waals surface area contributed by atoms with E-state index in [2.05, 4.69) is 0 Å². The lowest BCUT2D eigenvalue weighted by Gasteiger charge is -2.23. The van der Waals surface area contributed by atoms with Gasteiger partial charge in [-0.15, -0.1) is 11.3 Å². The van der Waals surface area contributed by atoms with Crippen LogP contribution < -0.4 is 10.5 Å². The topological polar surface area (TPSA) is 35.2 Å². The molecule has 0 saturated carbocycles. The van der Waals surface area contributed by atoms with Crippen molar-refractivity contribution in [1.29, 1.82) is 0 Å². The fraction of sp³-hybridized carbons (Fsp3) is 0.286. The summed E-state index contributed by atoms with van der Waals surface area (Å²) in [7, 11) is 0. The first-order chi connectivity index (χ1) is 9.52. The number of hydrogen-bond acceptors (Lipinski definition) is 3. The third-order valence-electron chi connectivity index (χ3n) is 2.90. The summed E-state index contributed by atoms with van der Waals surface area (Å²) in [4.78, 5) is 0.785. The van der Waals surface area contributed by atoms with Crippen molar-refractivity contribution in [3.63, 3.8) is 0 Å². The van der Waals surface area contributed by atoms with Crippen LogP contribution in [0, 0.1) is 11.6 Å². The van der Waals surface area contributed by atoms with Crippen LogP contribution in [-0.2, 0) is 0 Å². The highest BCUT2D eigenvalue weighted by Gasteiger charge is 2.24. The molecule has 108 valence electrons. The molecular weight excluding hydrogens is 304 g/mol. The van der Waals surface area contributed by atoms with E-state index in [9.17, 15) is 8.78 Å². The SMILES string of the molecule is CCC(N)C(Oc1cccc(F)c1F)c1ccc(Cl)s1. The summed E-state index contributed by atoms with van der Waals surface area (Å²) in [5, 5.41) is 0. The van der Waals surface area contributed by atoms with Crippen LogP contribution in [0.5, 0.6) is 5.75 Å². The average molecular weight is 318 g/mol. The van der Waals surface area contributed by atoms with Gasteiger partial charge in [0.2, 0.25) is 5.82 Å². The van der Waals surface area contributed by atoms with E-state index in [1.54, 1.807) is 12.1 Å². The standard InChI is InChI=1S/C14H14ClF2NOS/c1-2-9(18)14(11-6-7-12(15)20-11)19-10-5-3-4-8(16)13(10)17/h3-7,9,14H,2,18H2,1H3. The van der Waals surface area contributed by atoms with E-state index in [0.717, 1.165) is 10.9 Å². The van der Waals surface area contributed by atoms with E-state index >= 15 is 0 Å². The van der Waals surface area contributed by atoms with Crippen LogP contribution in [0.2, 0.25) is 4.34 Å². The molecule has 0 fully saturated rings. The van der Waals surface area contributed by atoms with E-state index < -0.39 is 17.7 Å². The molecule has 0 spiro atoms. The largest absolute Gasteiger partial charge is 0.480 e. The van der Waals surface area contributed by atoms with Gasteiger partial charge >= 0.3 is 0 Å². The quantitative estimate of drug-likeness (QED) is 0.879. The van der Waals surface area contributed by atoms with Crippen molar-refractivity contribution >= 4 is 22.9 Å². The molecule has 0 amide bonds. The van der Waals surface area contributed by atoms with E-state index in [1.807, 2.05) is 6.92 Å². The molecule has 2 nitrogen and oxygen atoms in total. The average Bonchev–Trinajstić information content (AvgIpc) is 2.86. The molecule has 0 radical (unpaired) electrons.